The second-order valence-corrected chi connectivity index (χ2v) is 2.30. The van der Waals surface area contributed by atoms with E-state index >= 15 is 0 Å². The van der Waals surface area contributed by atoms with E-state index in [9.17, 15) is 4.79 Å². The van der Waals surface area contributed by atoms with Crippen molar-refractivity contribution in [3.05, 3.63) is 12.3 Å². The van der Waals surface area contributed by atoms with Crippen molar-refractivity contribution in [3.8, 4) is 0 Å². The maximum absolute atomic E-state index is 10.5. The van der Waals surface area contributed by atoms with Crippen molar-refractivity contribution in [2.75, 3.05) is 7.11 Å². The fourth-order valence-corrected chi connectivity index (χ4v) is 0.786. The maximum atomic E-state index is 10.5. The second kappa shape index (κ2) is 5.77. The van der Waals surface area contributed by atoms with Crippen LogP contribution in [0.5, 0.6) is 0 Å². The zero-order valence-electron chi connectivity index (χ0n) is 6.91. The molecule has 64 valence electrons. The van der Waals surface area contributed by atoms with Gasteiger partial charge >= 0.3 is 5.97 Å². The largest absolute Gasteiger partial charge is 0.505 e. The minimum atomic E-state index is -0.792. The number of carboxylic acid groups (broad SMARTS) is 1. The molecule has 0 spiro atoms. The van der Waals surface area contributed by atoms with E-state index in [0.717, 1.165) is 6.42 Å². The molecule has 1 atom stereocenters. The Morgan fingerprint density at radius 1 is 1.73 bits per heavy atom. The molecule has 0 heterocycles. The molecular weight excluding hydrogens is 144 g/mol. The summed E-state index contributed by atoms with van der Waals surface area (Å²) in [4.78, 5) is 10.5. The molecule has 0 fully saturated rings. The smallest absolute Gasteiger partial charge is 0.310 e. The fraction of sp³-hybridized carbons (Fsp3) is 0.625. The van der Waals surface area contributed by atoms with Crippen LogP contribution in [-0.2, 0) is 9.53 Å². The highest BCUT2D eigenvalue weighted by molar-refractivity contribution is 5.71. The van der Waals surface area contributed by atoms with Crippen molar-refractivity contribution in [2.24, 2.45) is 5.92 Å². The summed E-state index contributed by atoms with van der Waals surface area (Å²) in [6.07, 6.45) is 4.50. The maximum Gasteiger partial charge on any atom is 0.310 e. The van der Waals surface area contributed by atoms with Crippen LogP contribution in [0.3, 0.4) is 0 Å². The molecule has 3 nitrogen and oxygen atoms in total. The van der Waals surface area contributed by atoms with Crippen LogP contribution < -0.4 is 0 Å². The van der Waals surface area contributed by atoms with Gasteiger partial charge in [-0.05, 0) is 12.5 Å². The van der Waals surface area contributed by atoms with Crippen LogP contribution in [0.2, 0.25) is 0 Å². The SMILES string of the molecule is CCCC(/C=C/OC)C(=O)O. The molecule has 3 heteroatoms. The van der Waals surface area contributed by atoms with Crippen molar-refractivity contribution in [1.82, 2.24) is 0 Å². The van der Waals surface area contributed by atoms with E-state index in [1.54, 1.807) is 6.08 Å². The first-order chi connectivity index (χ1) is 5.22. The molecular formula is C8H14O3. The highest BCUT2D eigenvalue weighted by atomic mass is 16.5. The first-order valence-electron chi connectivity index (χ1n) is 3.64. The van der Waals surface area contributed by atoms with Gasteiger partial charge in [-0.25, -0.2) is 0 Å². The molecule has 0 aromatic heterocycles. The Kier molecular flexibility index (Phi) is 5.25. The van der Waals surface area contributed by atoms with Crippen LogP contribution in [0.4, 0.5) is 0 Å². The Balaban J connectivity index is 3.88. The van der Waals surface area contributed by atoms with E-state index in [0.29, 0.717) is 6.42 Å². The van der Waals surface area contributed by atoms with Crippen molar-refractivity contribution in [3.63, 3.8) is 0 Å². The number of hydrogen-bond donors (Lipinski definition) is 1. The lowest BCUT2D eigenvalue weighted by molar-refractivity contribution is -0.140. The van der Waals surface area contributed by atoms with Crippen molar-refractivity contribution < 1.29 is 14.6 Å². The third kappa shape index (κ3) is 4.42. The van der Waals surface area contributed by atoms with Gasteiger partial charge in [0.1, 0.15) is 0 Å². The van der Waals surface area contributed by atoms with E-state index in [1.165, 1.54) is 13.4 Å². The predicted octanol–water partition coefficient (Wildman–Crippen LogP) is 1.65. The van der Waals surface area contributed by atoms with Crippen LogP contribution in [0.1, 0.15) is 19.8 Å². The highest BCUT2D eigenvalue weighted by Crippen LogP contribution is 2.07. The lowest BCUT2D eigenvalue weighted by Gasteiger charge is -2.03. The lowest BCUT2D eigenvalue weighted by atomic mass is 10.0. The summed E-state index contributed by atoms with van der Waals surface area (Å²) in [7, 11) is 1.50. The van der Waals surface area contributed by atoms with Crippen LogP contribution in [-0.4, -0.2) is 18.2 Å². The number of hydrogen-bond acceptors (Lipinski definition) is 2. The summed E-state index contributed by atoms with van der Waals surface area (Å²) in [5.41, 5.74) is 0. The molecule has 1 unspecified atom stereocenters. The van der Waals surface area contributed by atoms with Gasteiger partial charge in [0.15, 0.2) is 0 Å². The first kappa shape index (κ1) is 10.0. The quantitative estimate of drug-likeness (QED) is 0.619. The zero-order chi connectivity index (χ0) is 8.69. The molecule has 0 aromatic carbocycles. The van der Waals surface area contributed by atoms with Crippen LogP contribution in [0.25, 0.3) is 0 Å². The topological polar surface area (TPSA) is 46.5 Å². The summed E-state index contributed by atoms with van der Waals surface area (Å²) in [6.45, 7) is 1.95. The third-order valence-electron chi connectivity index (χ3n) is 1.36. The average Bonchev–Trinajstić information content (AvgIpc) is 1.97. The Bertz CT molecular complexity index is 140. The molecule has 0 aliphatic carbocycles. The normalized spacial score (nSPS) is 13.3. The van der Waals surface area contributed by atoms with Gasteiger partial charge in [0.05, 0.1) is 19.3 Å². The van der Waals surface area contributed by atoms with Gasteiger partial charge in [0.25, 0.3) is 0 Å². The lowest BCUT2D eigenvalue weighted by Crippen LogP contribution is -2.10. The summed E-state index contributed by atoms with van der Waals surface area (Å²) in [5, 5.41) is 8.62. The Labute approximate surface area is 66.7 Å². The standard InChI is InChI=1S/C8H14O3/c1-3-4-7(8(9)10)5-6-11-2/h5-7H,3-4H2,1-2H3,(H,9,10)/b6-5+. The summed E-state index contributed by atoms with van der Waals surface area (Å²) < 4.78 is 4.62. The summed E-state index contributed by atoms with van der Waals surface area (Å²) in [5.74, 6) is -1.19. The van der Waals surface area contributed by atoms with Crippen molar-refractivity contribution >= 4 is 5.97 Å². The molecule has 11 heavy (non-hydrogen) atoms. The van der Waals surface area contributed by atoms with E-state index < -0.39 is 11.9 Å². The Hall–Kier alpha value is -0.990. The molecule has 0 radical (unpaired) electrons. The third-order valence-corrected chi connectivity index (χ3v) is 1.36. The molecule has 0 amide bonds. The van der Waals surface area contributed by atoms with Gasteiger partial charge < -0.3 is 9.84 Å². The molecule has 0 bridgehead atoms. The zero-order valence-corrected chi connectivity index (χ0v) is 6.91. The minimum Gasteiger partial charge on any atom is -0.505 e. The molecule has 0 aliphatic heterocycles. The van der Waals surface area contributed by atoms with E-state index in [2.05, 4.69) is 4.74 Å². The molecule has 0 saturated heterocycles. The van der Waals surface area contributed by atoms with Crippen LogP contribution in [0, 0.1) is 5.92 Å². The molecule has 1 N–H and O–H groups in total. The average molecular weight is 158 g/mol. The van der Waals surface area contributed by atoms with E-state index in [1.807, 2.05) is 6.92 Å². The van der Waals surface area contributed by atoms with Crippen molar-refractivity contribution in [1.29, 1.82) is 0 Å². The molecule has 0 aromatic rings. The first-order valence-corrected chi connectivity index (χ1v) is 3.64. The number of ether oxygens (including phenoxy) is 1. The van der Waals surface area contributed by atoms with Gasteiger partial charge in [-0.15, -0.1) is 0 Å². The highest BCUT2D eigenvalue weighted by Gasteiger charge is 2.11. The number of aliphatic carboxylic acids is 1. The molecule has 0 saturated carbocycles. The van der Waals surface area contributed by atoms with Gasteiger partial charge in [0.2, 0.25) is 0 Å². The predicted molar refractivity (Wildman–Crippen MR) is 42.2 cm³/mol. The number of carbonyl (C=O) groups is 1. The van der Waals surface area contributed by atoms with E-state index in [-0.39, 0.29) is 0 Å². The minimum absolute atomic E-state index is 0.403. The second-order valence-electron chi connectivity index (χ2n) is 2.30. The molecule has 0 rings (SSSR count). The van der Waals surface area contributed by atoms with Gasteiger partial charge in [-0.1, -0.05) is 13.3 Å². The van der Waals surface area contributed by atoms with Gasteiger partial charge in [-0.2, -0.15) is 0 Å². The number of rotatable bonds is 5. The Morgan fingerprint density at radius 2 is 2.36 bits per heavy atom. The van der Waals surface area contributed by atoms with Crippen LogP contribution in [0.15, 0.2) is 12.3 Å². The van der Waals surface area contributed by atoms with E-state index in [4.69, 9.17) is 5.11 Å². The monoisotopic (exact) mass is 158 g/mol. The fourth-order valence-electron chi connectivity index (χ4n) is 0.786. The van der Waals surface area contributed by atoms with Crippen molar-refractivity contribution in [2.45, 2.75) is 19.8 Å². The number of methoxy groups -OCH3 is 1. The van der Waals surface area contributed by atoms with Gasteiger partial charge in [-0.3, -0.25) is 4.79 Å². The Morgan fingerprint density at radius 3 is 2.73 bits per heavy atom. The number of carboxylic acids is 1. The molecule has 0 aliphatic rings. The summed E-state index contributed by atoms with van der Waals surface area (Å²) in [6, 6.07) is 0. The van der Waals surface area contributed by atoms with Crippen LogP contribution >= 0.6 is 0 Å². The van der Waals surface area contributed by atoms with Gasteiger partial charge in [0, 0.05) is 0 Å². The summed E-state index contributed by atoms with van der Waals surface area (Å²) >= 11 is 0.